The topological polar surface area (TPSA) is 60.2 Å². The fourth-order valence-corrected chi connectivity index (χ4v) is 2.03. The van der Waals surface area contributed by atoms with Crippen molar-refractivity contribution < 1.29 is 4.39 Å². The number of allylic oxidation sites excluding steroid dienone is 2. The number of nitriles is 1. The van der Waals surface area contributed by atoms with Gasteiger partial charge in [0.1, 0.15) is 12.0 Å². The van der Waals surface area contributed by atoms with Crippen molar-refractivity contribution in [3.63, 3.8) is 0 Å². The molecule has 1 unspecified atom stereocenters. The Bertz CT molecular complexity index is 599. The molecule has 1 atom stereocenters. The van der Waals surface area contributed by atoms with Gasteiger partial charge in [-0.05, 0) is 51.0 Å². The summed E-state index contributed by atoms with van der Waals surface area (Å²) in [5, 5.41) is 15.1. The van der Waals surface area contributed by atoms with Crippen LogP contribution in [-0.2, 0) is 0 Å². The van der Waals surface area contributed by atoms with E-state index < -0.39 is 0 Å². The minimum absolute atomic E-state index is 0.185. The minimum Gasteiger partial charge on any atom is -0.384 e. The summed E-state index contributed by atoms with van der Waals surface area (Å²) in [6.07, 6.45) is 3.72. The molecule has 0 spiro atoms. The van der Waals surface area contributed by atoms with Gasteiger partial charge in [-0.3, -0.25) is 4.99 Å². The number of halogens is 1. The molecule has 0 heterocycles. The highest BCUT2D eigenvalue weighted by atomic mass is 19.1. The molecule has 0 bridgehead atoms. The number of benzene rings is 1. The average molecular weight is 302 g/mol. The molecule has 1 rings (SSSR count). The summed E-state index contributed by atoms with van der Waals surface area (Å²) in [7, 11) is 0. The monoisotopic (exact) mass is 302 g/mol. The molecule has 0 aliphatic carbocycles. The van der Waals surface area contributed by atoms with Gasteiger partial charge in [0.25, 0.3) is 0 Å². The third kappa shape index (κ3) is 5.21. The van der Waals surface area contributed by atoms with E-state index in [1.54, 1.807) is 6.21 Å². The summed E-state index contributed by atoms with van der Waals surface area (Å²) in [5.74, 6) is -0.264. The number of nitrogens with zero attached hydrogens (tertiary/aromatic N) is 2. The van der Waals surface area contributed by atoms with Gasteiger partial charge < -0.3 is 10.6 Å². The predicted molar refractivity (Wildman–Crippen MR) is 90.9 cm³/mol. The van der Waals surface area contributed by atoms with E-state index in [1.165, 1.54) is 12.1 Å². The maximum Gasteiger partial charge on any atom is 0.125 e. The Morgan fingerprint density at radius 3 is 2.82 bits per heavy atom. The van der Waals surface area contributed by atoms with E-state index in [9.17, 15) is 4.39 Å². The highest BCUT2D eigenvalue weighted by Gasteiger charge is 2.10. The fraction of sp³-hybridized carbons (Fsp3) is 0.412. The van der Waals surface area contributed by atoms with Gasteiger partial charge in [-0.2, -0.15) is 5.26 Å². The number of hydrogen-bond acceptors (Lipinski definition) is 4. The fourth-order valence-electron chi connectivity index (χ4n) is 2.03. The zero-order valence-corrected chi connectivity index (χ0v) is 13.6. The van der Waals surface area contributed by atoms with Crippen LogP contribution in [0, 0.1) is 24.1 Å². The zero-order valence-electron chi connectivity index (χ0n) is 13.6. The van der Waals surface area contributed by atoms with Gasteiger partial charge in [0.15, 0.2) is 0 Å². The number of rotatable bonds is 7. The molecule has 0 amide bonds. The third-order valence-electron chi connectivity index (χ3n) is 3.14. The first kappa shape index (κ1) is 17.7. The van der Waals surface area contributed by atoms with Crippen molar-refractivity contribution in [2.75, 3.05) is 17.2 Å². The van der Waals surface area contributed by atoms with E-state index in [-0.39, 0.29) is 12.0 Å². The summed E-state index contributed by atoms with van der Waals surface area (Å²) >= 11 is 0. The lowest BCUT2D eigenvalue weighted by Crippen LogP contribution is -2.15. The maximum atomic E-state index is 13.5. The average Bonchev–Trinajstić information content (AvgIpc) is 2.47. The van der Waals surface area contributed by atoms with Gasteiger partial charge in [-0.25, -0.2) is 4.39 Å². The molecule has 1 aromatic rings. The number of hydrogen-bond donors (Lipinski definition) is 2. The van der Waals surface area contributed by atoms with Gasteiger partial charge in [-0.15, -0.1) is 0 Å². The normalized spacial score (nSPS) is 13.0. The molecule has 0 fully saturated rings. The number of anilines is 2. The molecule has 0 aliphatic rings. The molecule has 2 N–H and O–H groups in total. The smallest absolute Gasteiger partial charge is 0.125 e. The second-order valence-corrected chi connectivity index (χ2v) is 4.97. The second-order valence-electron chi connectivity index (χ2n) is 4.97. The summed E-state index contributed by atoms with van der Waals surface area (Å²) < 4.78 is 13.5. The first-order chi connectivity index (χ1) is 10.5. The summed E-state index contributed by atoms with van der Waals surface area (Å²) in [4.78, 5) is 4.40. The number of aryl methyl sites for hydroxylation is 1. The Labute approximate surface area is 131 Å². The molecule has 0 radical (unpaired) electrons. The van der Waals surface area contributed by atoms with E-state index in [1.807, 2.05) is 33.8 Å². The molecular formula is C17H23FN4. The van der Waals surface area contributed by atoms with Crippen LogP contribution in [0.2, 0.25) is 0 Å². The number of aliphatic imine (C=N–C) groups is 1. The van der Waals surface area contributed by atoms with E-state index in [0.29, 0.717) is 13.0 Å². The van der Waals surface area contributed by atoms with Gasteiger partial charge in [0.05, 0.1) is 23.9 Å². The van der Waals surface area contributed by atoms with Gasteiger partial charge in [0, 0.05) is 12.8 Å². The maximum absolute atomic E-state index is 13.5. The van der Waals surface area contributed by atoms with E-state index in [0.717, 1.165) is 22.5 Å². The molecule has 22 heavy (non-hydrogen) atoms. The third-order valence-corrected chi connectivity index (χ3v) is 3.14. The van der Waals surface area contributed by atoms with Crippen LogP contribution in [-0.4, -0.2) is 18.9 Å². The van der Waals surface area contributed by atoms with Crippen molar-refractivity contribution in [3.05, 3.63) is 35.2 Å². The Hall–Kier alpha value is -2.35. The van der Waals surface area contributed by atoms with Crippen molar-refractivity contribution in [1.29, 1.82) is 5.26 Å². The van der Waals surface area contributed by atoms with E-state index >= 15 is 0 Å². The summed E-state index contributed by atoms with van der Waals surface area (Å²) in [5.41, 5.74) is 3.26. The first-order valence-corrected chi connectivity index (χ1v) is 7.37. The minimum atomic E-state index is -0.264. The van der Waals surface area contributed by atoms with Crippen LogP contribution >= 0.6 is 0 Å². The van der Waals surface area contributed by atoms with Crippen LogP contribution in [0.4, 0.5) is 15.8 Å². The molecule has 5 heteroatoms. The Morgan fingerprint density at radius 1 is 1.50 bits per heavy atom. The Balaban J connectivity index is 2.90. The van der Waals surface area contributed by atoms with Crippen LogP contribution in [0.1, 0.15) is 32.8 Å². The van der Waals surface area contributed by atoms with Crippen LogP contribution in [0.15, 0.2) is 28.8 Å². The molecule has 118 valence electrons. The Morgan fingerprint density at radius 2 is 2.23 bits per heavy atom. The van der Waals surface area contributed by atoms with Crippen LogP contribution in [0.3, 0.4) is 0 Å². The van der Waals surface area contributed by atoms with Crippen molar-refractivity contribution in [2.45, 2.75) is 40.3 Å². The molecule has 1 aromatic carbocycles. The van der Waals surface area contributed by atoms with Crippen molar-refractivity contribution in [3.8, 4) is 6.07 Å². The summed E-state index contributed by atoms with van der Waals surface area (Å²) in [6, 6.07) is 5.07. The molecule has 0 saturated carbocycles. The highest BCUT2D eigenvalue weighted by Crippen LogP contribution is 2.28. The molecule has 0 aliphatic heterocycles. The van der Waals surface area contributed by atoms with Gasteiger partial charge in [-0.1, -0.05) is 6.08 Å². The van der Waals surface area contributed by atoms with Gasteiger partial charge in [0.2, 0.25) is 0 Å². The predicted octanol–water partition coefficient (Wildman–Crippen LogP) is 4.25. The molecule has 0 aromatic heterocycles. The Kier molecular flexibility index (Phi) is 7.11. The zero-order chi connectivity index (χ0) is 16.5. The standard InChI is InChI=1S/C17H23FN4/c1-5-14(7-8-19)11-21-13(4)22-17-12(3)9-15(18)10-16(17)20-6-2/h5,9-11,13,20,22H,6-7H2,1-4H3/b14-5-,21-11-. The first-order valence-electron chi connectivity index (χ1n) is 7.37. The lowest BCUT2D eigenvalue weighted by Gasteiger charge is -2.18. The van der Waals surface area contributed by atoms with Gasteiger partial charge >= 0.3 is 0 Å². The van der Waals surface area contributed by atoms with Crippen LogP contribution in [0.5, 0.6) is 0 Å². The highest BCUT2D eigenvalue weighted by molar-refractivity contribution is 5.79. The van der Waals surface area contributed by atoms with E-state index in [4.69, 9.17) is 5.26 Å². The molecule has 0 saturated heterocycles. The SMILES string of the molecule is C/C=C(\C=N/C(C)Nc1c(C)cc(F)cc1NCC)CC#N. The lowest BCUT2D eigenvalue weighted by atomic mass is 10.1. The van der Waals surface area contributed by atoms with Crippen LogP contribution in [0.25, 0.3) is 0 Å². The summed E-state index contributed by atoms with van der Waals surface area (Å²) in [6.45, 7) is 8.32. The largest absolute Gasteiger partial charge is 0.384 e. The van der Waals surface area contributed by atoms with Crippen molar-refractivity contribution in [1.82, 2.24) is 0 Å². The molecular weight excluding hydrogens is 279 g/mol. The second kappa shape index (κ2) is 8.83. The lowest BCUT2D eigenvalue weighted by molar-refractivity contribution is 0.627. The number of nitrogens with one attached hydrogen (secondary N) is 2. The van der Waals surface area contributed by atoms with Crippen molar-refractivity contribution >= 4 is 17.6 Å². The van der Waals surface area contributed by atoms with Crippen molar-refractivity contribution in [2.24, 2.45) is 4.99 Å². The van der Waals surface area contributed by atoms with E-state index in [2.05, 4.69) is 21.7 Å². The van der Waals surface area contributed by atoms with Crippen LogP contribution < -0.4 is 10.6 Å². The molecule has 4 nitrogen and oxygen atoms in total. The quantitative estimate of drug-likeness (QED) is 0.740.